The van der Waals surface area contributed by atoms with E-state index in [0.29, 0.717) is 5.75 Å². The molecule has 0 amide bonds. The summed E-state index contributed by atoms with van der Waals surface area (Å²) in [6, 6.07) is 6.52. The van der Waals surface area contributed by atoms with E-state index in [9.17, 15) is 9.90 Å². The highest BCUT2D eigenvalue weighted by molar-refractivity contribution is 5.80. The summed E-state index contributed by atoms with van der Waals surface area (Å²) in [6.07, 6.45) is 0. The molecule has 1 aromatic carbocycles. The van der Waals surface area contributed by atoms with Crippen LogP contribution < -0.4 is 4.74 Å². The van der Waals surface area contributed by atoms with Gasteiger partial charge in [-0.1, -0.05) is 12.1 Å². The maximum Gasteiger partial charge on any atom is 0.371 e. The molecule has 0 fully saturated rings. The molecule has 0 saturated carbocycles. The number of aliphatic hydroxyl groups is 1. The Labute approximate surface area is 93.6 Å². The number of benzene rings is 1. The number of hydrogen-bond acceptors (Lipinski definition) is 5. The molecule has 0 aliphatic rings. The Morgan fingerprint density at radius 2 is 1.88 bits per heavy atom. The highest BCUT2D eigenvalue weighted by Crippen LogP contribution is 2.31. The smallest absolute Gasteiger partial charge is 0.371 e. The maximum atomic E-state index is 11.5. The minimum Gasteiger partial charge on any atom is -0.496 e. The van der Waals surface area contributed by atoms with Crippen molar-refractivity contribution in [2.24, 2.45) is 0 Å². The third-order valence-corrected chi connectivity index (χ3v) is 2.23. The SMILES string of the molecule is COC(=O)C(O)(OC)c1ccccc1OC. The monoisotopic (exact) mass is 226 g/mol. The van der Waals surface area contributed by atoms with Gasteiger partial charge in [0.2, 0.25) is 0 Å². The molecule has 0 aromatic heterocycles. The fourth-order valence-corrected chi connectivity index (χ4v) is 1.37. The second kappa shape index (κ2) is 4.96. The molecule has 1 aromatic rings. The Kier molecular flexibility index (Phi) is 3.87. The predicted octanol–water partition coefficient (Wildman–Crippen LogP) is 0.660. The van der Waals surface area contributed by atoms with Crippen molar-refractivity contribution in [1.82, 2.24) is 0 Å². The van der Waals surface area contributed by atoms with Crippen molar-refractivity contribution in [2.45, 2.75) is 5.79 Å². The molecule has 0 radical (unpaired) electrons. The van der Waals surface area contributed by atoms with E-state index in [4.69, 9.17) is 9.47 Å². The van der Waals surface area contributed by atoms with Crippen LogP contribution in [-0.2, 0) is 20.1 Å². The molecule has 5 heteroatoms. The van der Waals surface area contributed by atoms with Gasteiger partial charge >= 0.3 is 5.97 Å². The van der Waals surface area contributed by atoms with Crippen LogP contribution in [0.3, 0.4) is 0 Å². The van der Waals surface area contributed by atoms with E-state index in [1.165, 1.54) is 27.4 Å². The molecular weight excluding hydrogens is 212 g/mol. The number of hydrogen-bond donors (Lipinski definition) is 1. The minimum absolute atomic E-state index is 0.201. The molecule has 5 nitrogen and oxygen atoms in total. The number of ether oxygens (including phenoxy) is 3. The van der Waals surface area contributed by atoms with E-state index >= 15 is 0 Å². The van der Waals surface area contributed by atoms with Crippen molar-refractivity contribution in [3.05, 3.63) is 29.8 Å². The summed E-state index contributed by atoms with van der Waals surface area (Å²) in [7, 11) is 3.82. The van der Waals surface area contributed by atoms with E-state index in [-0.39, 0.29) is 5.56 Å². The number of carbonyl (C=O) groups is 1. The molecule has 0 saturated heterocycles. The van der Waals surface area contributed by atoms with Gasteiger partial charge in [0.15, 0.2) is 0 Å². The molecule has 1 atom stereocenters. The zero-order valence-electron chi connectivity index (χ0n) is 9.39. The normalized spacial score (nSPS) is 14.0. The summed E-state index contributed by atoms with van der Waals surface area (Å²) in [5, 5.41) is 10.1. The van der Waals surface area contributed by atoms with Crippen LogP contribution in [0, 0.1) is 0 Å². The van der Waals surface area contributed by atoms with E-state index in [1.54, 1.807) is 18.2 Å². The Morgan fingerprint density at radius 1 is 1.25 bits per heavy atom. The lowest BCUT2D eigenvalue weighted by atomic mass is 10.0. The zero-order chi connectivity index (χ0) is 12.2. The van der Waals surface area contributed by atoms with Gasteiger partial charge in [0.1, 0.15) is 5.75 Å². The van der Waals surface area contributed by atoms with Crippen molar-refractivity contribution in [3.63, 3.8) is 0 Å². The first-order valence-corrected chi connectivity index (χ1v) is 4.59. The Morgan fingerprint density at radius 3 is 2.38 bits per heavy atom. The fourth-order valence-electron chi connectivity index (χ4n) is 1.37. The molecule has 88 valence electrons. The van der Waals surface area contributed by atoms with Crippen molar-refractivity contribution in [3.8, 4) is 5.75 Å². The Bertz CT molecular complexity index is 376. The number of esters is 1. The van der Waals surface area contributed by atoms with E-state index in [1.807, 2.05) is 0 Å². The molecular formula is C11H14O5. The molecule has 1 N–H and O–H groups in total. The van der Waals surface area contributed by atoms with Gasteiger partial charge in [-0.3, -0.25) is 0 Å². The van der Waals surface area contributed by atoms with Crippen molar-refractivity contribution >= 4 is 5.97 Å². The number of rotatable bonds is 4. The highest BCUT2D eigenvalue weighted by Gasteiger charge is 2.42. The first kappa shape index (κ1) is 12.5. The largest absolute Gasteiger partial charge is 0.496 e. The van der Waals surface area contributed by atoms with E-state index in [0.717, 1.165) is 0 Å². The van der Waals surface area contributed by atoms with Crippen molar-refractivity contribution < 1.29 is 24.1 Å². The predicted molar refractivity (Wildman–Crippen MR) is 55.9 cm³/mol. The molecule has 0 heterocycles. The number of methoxy groups -OCH3 is 3. The molecule has 1 unspecified atom stereocenters. The second-order valence-electron chi connectivity index (χ2n) is 3.04. The third-order valence-electron chi connectivity index (χ3n) is 2.23. The lowest BCUT2D eigenvalue weighted by Crippen LogP contribution is -2.39. The van der Waals surface area contributed by atoms with Crippen LogP contribution >= 0.6 is 0 Å². The van der Waals surface area contributed by atoms with Gasteiger partial charge in [-0.25, -0.2) is 4.79 Å². The Balaban J connectivity index is 3.27. The van der Waals surface area contributed by atoms with Gasteiger partial charge < -0.3 is 19.3 Å². The quantitative estimate of drug-likeness (QED) is 0.603. The Hall–Kier alpha value is -1.59. The summed E-state index contributed by atoms with van der Waals surface area (Å²) in [4.78, 5) is 11.5. The van der Waals surface area contributed by atoms with Crippen LogP contribution in [0.4, 0.5) is 0 Å². The van der Waals surface area contributed by atoms with Gasteiger partial charge in [0.05, 0.1) is 19.8 Å². The van der Waals surface area contributed by atoms with Crippen LogP contribution in [0.15, 0.2) is 24.3 Å². The zero-order valence-corrected chi connectivity index (χ0v) is 9.39. The second-order valence-corrected chi connectivity index (χ2v) is 3.04. The van der Waals surface area contributed by atoms with Gasteiger partial charge in [0.25, 0.3) is 5.79 Å². The molecule has 1 rings (SSSR count). The maximum absolute atomic E-state index is 11.5. The minimum atomic E-state index is -2.15. The lowest BCUT2D eigenvalue weighted by Gasteiger charge is -2.25. The summed E-state index contributed by atoms with van der Waals surface area (Å²) in [5.41, 5.74) is 0.201. The average molecular weight is 226 g/mol. The van der Waals surface area contributed by atoms with Crippen LogP contribution in [0.25, 0.3) is 0 Å². The first-order valence-electron chi connectivity index (χ1n) is 4.59. The third kappa shape index (κ3) is 2.00. The van der Waals surface area contributed by atoms with Gasteiger partial charge in [0, 0.05) is 7.11 Å². The van der Waals surface area contributed by atoms with Gasteiger partial charge in [-0.15, -0.1) is 0 Å². The first-order chi connectivity index (χ1) is 7.60. The van der Waals surface area contributed by atoms with Crippen LogP contribution in [-0.4, -0.2) is 32.4 Å². The van der Waals surface area contributed by atoms with Crippen molar-refractivity contribution in [1.29, 1.82) is 0 Å². The van der Waals surface area contributed by atoms with Crippen molar-refractivity contribution in [2.75, 3.05) is 21.3 Å². The summed E-state index contributed by atoms with van der Waals surface area (Å²) >= 11 is 0. The van der Waals surface area contributed by atoms with Crippen LogP contribution in [0.2, 0.25) is 0 Å². The van der Waals surface area contributed by atoms with E-state index in [2.05, 4.69) is 4.74 Å². The van der Waals surface area contributed by atoms with Gasteiger partial charge in [-0.2, -0.15) is 0 Å². The molecule has 16 heavy (non-hydrogen) atoms. The standard InChI is InChI=1S/C11H14O5/c1-14-9-7-5-4-6-8(9)11(13,16-3)10(12)15-2/h4-7,13H,1-3H3. The summed E-state index contributed by atoms with van der Waals surface area (Å²) in [5.74, 6) is -2.71. The van der Waals surface area contributed by atoms with Gasteiger partial charge in [-0.05, 0) is 12.1 Å². The topological polar surface area (TPSA) is 65.0 Å². The van der Waals surface area contributed by atoms with Crippen LogP contribution in [0.5, 0.6) is 5.75 Å². The summed E-state index contributed by atoms with van der Waals surface area (Å²) in [6.45, 7) is 0. The van der Waals surface area contributed by atoms with E-state index < -0.39 is 11.8 Å². The number of carbonyl (C=O) groups excluding carboxylic acids is 1. The average Bonchev–Trinajstić information content (AvgIpc) is 2.36. The van der Waals surface area contributed by atoms with Crippen LogP contribution in [0.1, 0.15) is 5.56 Å². The molecule has 0 aliphatic carbocycles. The molecule has 0 bridgehead atoms. The fraction of sp³-hybridized carbons (Fsp3) is 0.364. The lowest BCUT2D eigenvalue weighted by molar-refractivity contribution is -0.222. The molecule has 0 aliphatic heterocycles. The molecule has 0 spiro atoms. The number of para-hydroxylation sites is 1. The summed E-state index contributed by atoms with van der Waals surface area (Å²) < 4.78 is 14.4. The highest BCUT2D eigenvalue weighted by atomic mass is 16.7.